The van der Waals surface area contributed by atoms with Crippen molar-refractivity contribution in [3.05, 3.63) is 22.7 Å². The van der Waals surface area contributed by atoms with Gasteiger partial charge in [0.05, 0.1) is 10.2 Å². The maximum Gasteiger partial charge on any atom is 0.239 e. The lowest BCUT2D eigenvalue weighted by Gasteiger charge is -2.06. The van der Waals surface area contributed by atoms with Crippen LogP contribution in [0.25, 0.3) is 10.2 Å². The molecule has 0 fully saturated rings. The minimum absolute atomic E-state index is 0.388. The van der Waals surface area contributed by atoms with Gasteiger partial charge in [-0.1, -0.05) is 27.3 Å². The number of rotatable bonds is 3. The number of nitrogens with zero attached hydrogens (tertiary/aromatic N) is 1. The molecule has 1 aromatic carbocycles. The van der Waals surface area contributed by atoms with Crippen LogP contribution in [0, 0.1) is 0 Å². The van der Waals surface area contributed by atoms with E-state index in [1.165, 1.54) is 11.3 Å². The molecule has 2 aromatic rings. The second-order valence-corrected chi connectivity index (χ2v) is 5.35. The van der Waals surface area contributed by atoms with Crippen molar-refractivity contribution in [3.8, 4) is 0 Å². The zero-order chi connectivity index (χ0) is 11.7. The maximum atomic E-state index is 10.9. The number of primary amides is 1. The van der Waals surface area contributed by atoms with E-state index < -0.39 is 6.04 Å². The van der Waals surface area contributed by atoms with E-state index in [9.17, 15) is 4.79 Å². The molecule has 6 heteroatoms. The van der Waals surface area contributed by atoms with Gasteiger partial charge in [0.2, 0.25) is 5.91 Å². The van der Waals surface area contributed by atoms with E-state index in [1.54, 1.807) is 6.92 Å². The highest BCUT2D eigenvalue weighted by molar-refractivity contribution is 9.10. The molecular weight excluding hydrogens is 290 g/mol. The number of nitrogens with one attached hydrogen (secondary N) is 1. The molecule has 0 aliphatic rings. The Bertz CT molecular complexity index is 540. The van der Waals surface area contributed by atoms with Crippen LogP contribution in [0.4, 0.5) is 5.13 Å². The molecule has 0 bridgehead atoms. The van der Waals surface area contributed by atoms with Gasteiger partial charge in [-0.3, -0.25) is 4.79 Å². The molecule has 0 saturated heterocycles. The predicted octanol–water partition coefficient (Wildman–Crippen LogP) is 2.34. The summed E-state index contributed by atoms with van der Waals surface area (Å²) < 4.78 is 2.08. The summed E-state index contributed by atoms with van der Waals surface area (Å²) in [5.74, 6) is -0.388. The third kappa shape index (κ3) is 2.33. The zero-order valence-corrected chi connectivity index (χ0v) is 10.9. The Morgan fingerprint density at radius 3 is 3.06 bits per heavy atom. The highest BCUT2D eigenvalue weighted by Gasteiger charge is 2.11. The highest BCUT2D eigenvalue weighted by Crippen LogP contribution is 2.28. The normalized spacial score (nSPS) is 12.6. The molecule has 3 N–H and O–H groups in total. The fourth-order valence-electron chi connectivity index (χ4n) is 1.22. The fourth-order valence-corrected chi connectivity index (χ4v) is 2.72. The lowest BCUT2D eigenvalue weighted by Crippen LogP contribution is -2.32. The molecule has 4 nitrogen and oxygen atoms in total. The number of hydrogen-bond acceptors (Lipinski definition) is 4. The van der Waals surface area contributed by atoms with Gasteiger partial charge in [-0.25, -0.2) is 4.98 Å². The number of hydrogen-bond donors (Lipinski definition) is 2. The van der Waals surface area contributed by atoms with Gasteiger partial charge in [-0.15, -0.1) is 0 Å². The first kappa shape index (κ1) is 11.3. The second kappa shape index (κ2) is 4.39. The Morgan fingerprint density at radius 1 is 1.62 bits per heavy atom. The molecule has 0 aliphatic heterocycles. The van der Waals surface area contributed by atoms with E-state index in [0.29, 0.717) is 5.13 Å². The molecular formula is C10H10BrN3OS. The van der Waals surface area contributed by atoms with Crippen molar-refractivity contribution in [1.29, 1.82) is 0 Å². The van der Waals surface area contributed by atoms with Crippen LogP contribution < -0.4 is 11.1 Å². The Morgan fingerprint density at radius 2 is 2.38 bits per heavy atom. The van der Waals surface area contributed by atoms with Crippen molar-refractivity contribution in [2.75, 3.05) is 5.32 Å². The number of nitrogens with two attached hydrogens (primary N) is 1. The molecule has 16 heavy (non-hydrogen) atoms. The number of thiazole rings is 1. The van der Waals surface area contributed by atoms with Crippen LogP contribution in [0.3, 0.4) is 0 Å². The molecule has 0 radical (unpaired) electrons. The van der Waals surface area contributed by atoms with Crippen LogP contribution >= 0.6 is 27.3 Å². The lowest BCUT2D eigenvalue weighted by atomic mass is 10.3. The van der Waals surface area contributed by atoms with E-state index in [-0.39, 0.29) is 5.91 Å². The largest absolute Gasteiger partial charge is 0.368 e. The summed E-state index contributed by atoms with van der Waals surface area (Å²) in [6.07, 6.45) is 0. The number of carbonyl (C=O) groups is 1. The zero-order valence-electron chi connectivity index (χ0n) is 8.53. The van der Waals surface area contributed by atoms with Gasteiger partial charge < -0.3 is 11.1 Å². The maximum absolute atomic E-state index is 10.9. The number of amides is 1. The first-order valence-corrected chi connectivity index (χ1v) is 6.29. The summed E-state index contributed by atoms with van der Waals surface area (Å²) in [6, 6.07) is 5.44. The summed E-state index contributed by atoms with van der Waals surface area (Å²) >= 11 is 4.90. The summed E-state index contributed by atoms with van der Waals surface area (Å²) in [5.41, 5.74) is 6.08. The van der Waals surface area contributed by atoms with Crippen molar-refractivity contribution in [3.63, 3.8) is 0 Å². The molecule has 84 valence electrons. The van der Waals surface area contributed by atoms with Crippen molar-refractivity contribution < 1.29 is 4.79 Å². The minimum atomic E-state index is -0.413. The molecule has 2 rings (SSSR count). The number of fused-ring (bicyclic) bond motifs is 1. The van der Waals surface area contributed by atoms with Crippen molar-refractivity contribution in [2.45, 2.75) is 13.0 Å². The topological polar surface area (TPSA) is 68.0 Å². The number of halogens is 1. The molecule has 1 aromatic heterocycles. The molecule has 1 atom stereocenters. The predicted molar refractivity (Wildman–Crippen MR) is 69.6 cm³/mol. The van der Waals surface area contributed by atoms with E-state index >= 15 is 0 Å². The van der Waals surface area contributed by atoms with Crippen LogP contribution in [0.5, 0.6) is 0 Å². The van der Waals surface area contributed by atoms with Gasteiger partial charge in [-0.2, -0.15) is 0 Å². The van der Waals surface area contributed by atoms with E-state index in [0.717, 1.165) is 14.7 Å². The summed E-state index contributed by atoms with van der Waals surface area (Å²) in [6.45, 7) is 1.71. The number of anilines is 1. The van der Waals surface area contributed by atoms with Gasteiger partial charge >= 0.3 is 0 Å². The Kier molecular flexibility index (Phi) is 3.11. The van der Waals surface area contributed by atoms with Gasteiger partial charge in [-0.05, 0) is 25.1 Å². The number of carbonyl (C=O) groups excluding carboxylic acids is 1. The molecule has 0 saturated carbocycles. The quantitative estimate of drug-likeness (QED) is 0.914. The molecule has 1 amide bonds. The highest BCUT2D eigenvalue weighted by atomic mass is 79.9. The standard InChI is InChI=1S/C10H10BrN3OS/c1-5(9(12)15)13-10-14-7-3-2-6(11)4-8(7)16-10/h2-5H,1H3,(H2,12,15)(H,13,14). The molecule has 0 aliphatic carbocycles. The Hall–Kier alpha value is -1.14. The van der Waals surface area contributed by atoms with E-state index in [1.807, 2.05) is 18.2 Å². The monoisotopic (exact) mass is 299 g/mol. The van der Waals surface area contributed by atoms with Crippen LogP contribution in [0.2, 0.25) is 0 Å². The Balaban J connectivity index is 2.29. The number of benzene rings is 1. The lowest BCUT2D eigenvalue weighted by molar-refractivity contribution is -0.118. The summed E-state index contributed by atoms with van der Waals surface area (Å²) in [5, 5.41) is 3.68. The van der Waals surface area contributed by atoms with Crippen molar-refractivity contribution >= 4 is 48.5 Å². The third-order valence-corrected chi connectivity index (χ3v) is 3.56. The van der Waals surface area contributed by atoms with Crippen LogP contribution in [0.15, 0.2) is 22.7 Å². The summed E-state index contributed by atoms with van der Waals surface area (Å²) in [4.78, 5) is 15.3. The average molecular weight is 300 g/mol. The second-order valence-electron chi connectivity index (χ2n) is 3.40. The molecule has 0 spiro atoms. The van der Waals surface area contributed by atoms with Crippen LogP contribution in [-0.2, 0) is 4.79 Å². The van der Waals surface area contributed by atoms with Crippen LogP contribution in [0.1, 0.15) is 6.92 Å². The van der Waals surface area contributed by atoms with Gasteiger partial charge in [0, 0.05) is 4.47 Å². The smallest absolute Gasteiger partial charge is 0.239 e. The number of aromatic nitrogens is 1. The molecule has 1 unspecified atom stereocenters. The van der Waals surface area contributed by atoms with Gasteiger partial charge in [0.25, 0.3) is 0 Å². The van der Waals surface area contributed by atoms with Crippen molar-refractivity contribution in [1.82, 2.24) is 4.98 Å². The first-order chi connectivity index (χ1) is 7.56. The SMILES string of the molecule is CC(Nc1nc2ccc(Br)cc2s1)C(N)=O. The Labute approximate surface area is 105 Å². The van der Waals surface area contributed by atoms with E-state index in [2.05, 4.69) is 26.2 Å². The first-order valence-electron chi connectivity index (χ1n) is 4.68. The third-order valence-electron chi connectivity index (χ3n) is 2.12. The minimum Gasteiger partial charge on any atom is -0.368 e. The van der Waals surface area contributed by atoms with Crippen molar-refractivity contribution in [2.24, 2.45) is 5.73 Å². The van der Waals surface area contributed by atoms with Crippen LogP contribution in [-0.4, -0.2) is 16.9 Å². The summed E-state index contributed by atoms with van der Waals surface area (Å²) in [7, 11) is 0. The fraction of sp³-hybridized carbons (Fsp3) is 0.200. The molecule has 1 heterocycles. The van der Waals surface area contributed by atoms with Gasteiger partial charge in [0.1, 0.15) is 6.04 Å². The average Bonchev–Trinajstić information content (AvgIpc) is 2.58. The van der Waals surface area contributed by atoms with E-state index in [4.69, 9.17) is 5.73 Å². The van der Waals surface area contributed by atoms with Gasteiger partial charge in [0.15, 0.2) is 5.13 Å².